The van der Waals surface area contributed by atoms with Crippen molar-refractivity contribution in [1.29, 1.82) is 0 Å². The van der Waals surface area contributed by atoms with E-state index in [1.807, 2.05) is 82.5 Å². The summed E-state index contributed by atoms with van der Waals surface area (Å²) >= 11 is 0. The van der Waals surface area contributed by atoms with Gasteiger partial charge in [-0.1, -0.05) is 24.3 Å². The summed E-state index contributed by atoms with van der Waals surface area (Å²) in [6.07, 6.45) is 11.5. The molecule has 3 aromatic heterocycles. The Morgan fingerprint density at radius 3 is 1.12 bits per heavy atom. The van der Waals surface area contributed by atoms with Crippen molar-refractivity contribution < 1.29 is 28.8 Å². The molecule has 0 fully saturated rings. The highest BCUT2D eigenvalue weighted by molar-refractivity contribution is 5.64. The molecule has 0 saturated carbocycles. The van der Waals surface area contributed by atoms with Crippen LogP contribution in [0.5, 0.6) is 11.5 Å². The van der Waals surface area contributed by atoms with E-state index in [1.54, 1.807) is 26.6 Å². The predicted octanol–water partition coefficient (Wildman–Crippen LogP) is 3.90. The van der Waals surface area contributed by atoms with Crippen LogP contribution >= 0.6 is 0 Å². The lowest BCUT2D eigenvalue weighted by Crippen LogP contribution is -2.35. The van der Waals surface area contributed by atoms with Crippen molar-refractivity contribution >= 4 is 0 Å². The van der Waals surface area contributed by atoms with E-state index in [4.69, 9.17) is 45.1 Å². The summed E-state index contributed by atoms with van der Waals surface area (Å²) < 4.78 is 14.4. The molecule has 5 rings (SSSR count). The van der Waals surface area contributed by atoms with Gasteiger partial charge in [0, 0.05) is 4.98 Å². The second-order valence-electron chi connectivity index (χ2n) is 8.13. The van der Waals surface area contributed by atoms with E-state index in [9.17, 15) is 0 Å². The Kier molecular flexibility index (Phi) is 10.7. The van der Waals surface area contributed by atoms with E-state index in [2.05, 4.69) is 29.2 Å². The van der Waals surface area contributed by atoms with Crippen LogP contribution in [0.3, 0.4) is 0 Å². The molecule has 0 bridgehead atoms. The fourth-order valence-corrected chi connectivity index (χ4v) is 3.70. The monoisotopic (exact) mass is 572 g/mol. The Morgan fingerprint density at radius 1 is 0.548 bits per heavy atom. The van der Waals surface area contributed by atoms with Crippen LogP contribution < -0.4 is 18.6 Å². The van der Waals surface area contributed by atoms with Crippen LogP contribution in [-0.2, 0) is 0 Å². The molecule has 0 unspecified atom stereocenters. The largest absolute Gasteiger partial charge is 0.497 e. The van der Waals surface area contributed by atoms with Crippen molar-refractivity contribution in [3.05, 3.63) is 141 Å². The number of ether oxygens (including phenoxy) is 2. The van der Waals surface area contributed by atoms with Gasteiger partial charge in [0.2, 0.25) is 0 Å². The summed E-state index contributed by atoms with van der Waals surface area (Å²) in [6.45, 7) is 0. The van der Waals surface area contributed by atoms with Crippen LogP contribution in [0.4, 0.5) is 0 Å². The van der Waals surface area contributed by atoms with Crippen molar-refractivity contribution in [2.75, 3.05) is 14.2 Å². The van der Waals surface area contributed by atoms with Gasteiger partial charge >= 0.3 is 11.6 Å². The Morgan fingerprint density at radius 2 is 0.833 bits per heavy atom. The molecule has 0 saturated heterocycles. The minimum atomic E-state index is -1.75. The minimum Gasteiger partial charge on any atom is -0.497 e. The normalized spacial score (nSPS) is 9.76. The summed E-state index contributed by atoms with van der Waals surface area (Å²) in [5, 5.41) is 29.5. The van der Waals surface area contributed by atoms with Gasteiger partial charge in [-0.15, -0.1) is 0 Å². The predicted molar refractivity (Wildman–Crippen MR) is 150 cm³/mol. The quantitative estimate of drug-likeness (QED) is 0.164. The number of hydrogen-bond donors (Lipinski definition) is 0. The van der Waals surface area contributed by atoms with Gasteiger partial charge in [-0.3, -0.25) is 0 Å². The van der Waals surface area contributed by atoms with Crippen molar-refractivity contribution in [3.63, 3.8) is 0 Å². The first-order valence-electron chi connectivity index (χ1n) is 12.0. The van der Waals surface area contributed by atoms with Gasteiger partial charge in [0.1, 0.15) is 23.9 Å². The van der Waals surface area contributed by atoms with Gasteiger partial charge in [0.15, 0.2) is 0 Å². The van der Waals surface area contributed by atoms with E-state index in [0.717, 1.165) is 45.4 Å². The Hall–Kier alpha value is -6.18. The van der Waals surface area contributed by atoms with Crippen LogP contribution in [-0.4, -0.2) is 34.4 Å². The lowest BCUT2D eigenvalue weighted by atomic mass is 10.1. The maximum Gasteiger partial charge on any atom is 0.351 e. The molecule has 0 aliphatic carbocycles. The lowest BCUT2D eigenvalue weighted by molar-refractivity contribution is -0.612. The van der Waals surface area contributed by atoms with Gasteiger partial charge in [-0.2, -0.15) is 0 Å². The molecule has 14 nitrogen and oxygen atoms in total. The van der Waals surface area contributed by atoms with E-state index in [-0.39, 0.29) is 0 Å². The van der Waals surface area contributed by atoms with Gasteiger partial charge in [0.05, 0.1) is 49.2 Å². The molecule has 14 heteroatoms. The summed E-state index contributed by atoms with van der Waals surface area (Å²) in [6, 6.07) is 24.3. The molecule has 5 aromatic rings. The first-order chi connectivity index (χ1) is 20.2. The van der Waals surface area contributed by atoms with Gasteiger partial charge in [-0.25, -0.2) is 14.1 Å². The molecule has 2 aromatic carbocycles. The average Bonchev–Trinajstić information content (AvgIpc) is 3.01. The summed E-state index contributed by atoms with van der Waals surface area (Å²) in [5.41, 5.74) is 4.48. The SMILES string of the molecule is COc1ccc(-c2cc[n+](-c3cncc(-[n+]4ccc(-c5ccc(OC)cc5)cc4)n3)cc2)cc1.O=[N+]([O-])[O-].O=[N+]([O-])[O-]. The Balaban J connectivity index is 0.000000540. The molecule has 0 N–H and O–H groups in total. The van der Waals surface area contributed by atoms with Crippen molar-refractivity contribution in [3.8, 4) is 45.4 Å². The fraction of sp³-hybridized carbons (Fsp3) is 0.0714. The highest BCUT2D eigenvalue weighted by Gasteiger charge is 2.15. The summed E-state index contributed by atoms with van der Waals surface area (Å²) in [4.78, 5) is 25.7. The zero-order valence-corrected chi connectivity index (χ0v) is 22.3. The third-order valence-corrected chi connectivity index (χ3v) is 5.64. The van der Waals surface area contributed by atoms with Gasteiger partial charge < -0.3 is 40.1 Å². The van der Waals surface area contributed by atoms with E-state index < -0.39 is 10.2 Å². The highest BCUT2D eigenvalue weighted by Crippen LogP contribution is 2.22. The molecule has 214 valence electrons. The van der Waals surface area contributed by atoms with E-state index in [0.29, 0.717) is 0 Å². The lowest BCUT2D eigenvalue weighted by Gasteiger charge is -2.05. The molecule has 0 atom stereocenters. The molecular formula is C28H24N6O8. The standard InChI is InChI=1S/C28H24N4O2.2NO3/c1-33-25-7-3-21(4-8-25)23-11-15-31(16-12-23)27-19-29-20-28(30-27)32-17-13-24(14-18-32)22-5-9-26(34-2)10-6-22;2*2-1(3)4/h3-20H,1-2H3;;/q+2;2*-1. The first kappa shape index (κ1) is 30.4. The molecular weight excluding hydrogens is 548 g/mol. The molecule has 0 aliphatic heterocycles. The maximum absolute atomic E-state index is 8.25. The maximum atomic E-state index is 8.25. The average molecular weight is 573 g/mol. The van der Waals surface area contributed by atoms with Crippen LogP contribution in [0.15, 0.2) is 110 Å². The van der Waals surface area contributed by atoms with Crippen molar-refractivity contribution in [1.82, 2.24) is 9.97 Å². The number of nitrogens with zero attached hydrogens (tertiary/aromatic N) is 6. The third kappa shape index (κ3) is 8.94. The van der Waals surface area contributed by atoms with Crippen LogP contribution in [0.2, 0.25) is 0 Å². The second-order valence-corrected chi connectivity index (χ2v) is 8.13. The molecule has 0 radical (unpaired) electrons. The van der Waals surface area contributed by atoms with Crippen molar-refractivity contribution in [2.45, 2.75) is 0 Å². The van der Waals surface area contributed by atoms with Gasteiger partial charge in [0.25, 0.3) is 0 Å². The zero-order valence-electron chi connectivity index (χ0n) is 22.3. The van der Waals surface area contributed by atoms with Crippen molar-refractivity contribution in [2.24, 2.45) is 0 Å². The molecule has 3 heterocycles. The fourth-order valence-electron chi connectivity index (χ4n) is 3.70. The molecule has 0 spiro atoms. The highest BCUT2D eigenvalue weighted by atomic mass is 16.9. The zero-order chi connectivity index (χ0) is 30.5. The van der Waals surface area contributed by atoms with Crippen LogP contribution in [0.25, 0.3) is 33.9 Å². The van der Waals surface area contributed by atoms with E-state index in [1.165, 1.54) is 0 Å². The number of pyridine rings is 2. The number of rotatable bonds is 6. The number of hydrogen-bond acceptors (Lipinski definition) is 10. The summed E-state index contributed by atoms with van der Waals surface area (Å²) in [7, 11) is 3.34. The van der Waals surface area contributed by atoms with Crippen LogP contribution in [0.1, 0.15) is 0 Å². The molecule has 42 heavy (non-hydrogen) atoms. The number of methoxy groups -OCH3 is 2. The van der Waals surface area contributed by atoms with E-state index >= 15 is 0 Å². The second kappa shape index (κ2) is 14.8. The molecule has 0 aliphatic rings. The number of aromatic nitrogens is 4. The topological polar surface area (TPSA) is 184 Å². The Labute approximate surface area is 239 Å². The Bertz CT molecular complexity index is 1470. The van der Waals surface area contributed by atoms with Crippen LogP contribution in [0, 0.1) is 30.6 Å². The smallest absolute Gasteiger partial charge is 0.351 e. The number of benzene rings is 2. The van der Waals surface area contributed by atoms with Gasteiger partial charge in [-0.05, 0) is 70.8 Å². The minimum absolute atomic E-state index is 0.741. The first-order valence-corrected chi connectivity index (χ1v) is 12.0. The third-order valence-electron chi connectivity index (χ3n) is 5.64. The summed E-state index contributed by atoms with van der Waals surface area (Å²) in [5.74, 6) is 3.17. The molecule has 0 amide bonds.